The van der Waals surface area contributed by atoms with Gasteiger partial charge in [-0.05, 0) is 112 Å². The van der Waals surface area contributed by atoms with Gasteiger partial charge in [0.05, 0.1) is 29.5 Å². The Kier molecular flexibility index (Phi) is 5.58. The highest BCUT2D eigenvalue weighted by Gasteiger charge is 2.61. The number of rotatable bonds is 3. The van der Waals surface area contributed by atoms with Crippen LogP contribution in [0.5, 0.6) is 0 Å². The molecule has 5 rings (SSSR count). The predicted molar refractivity (Wildman–Crippen MR) is 131 cm³/mol. The lowest BCUT2D eigenvalue weighted by Crippen LogP contribution is -2.60. The molecule has 0 radical (unpaired) electrons. The lowest BCUT2D eigenvalue weighted by atomic mass is 9.40. The van der Waals surface area contributed by atoms with Gasteiger partial charge in [-0.2, -0.15) is 5.10 Å². The van der Waals surface area contributed by atoms with Crippen molar-refractivity contribution in [1.82, 2.24) is 9.78 Å². The van der Waals surface area contributed by atoms with Gasteiger partial charge in [-0.25, -0.2) is 0 Å². The average molecular weight is 453 g/mol. The molecular formula is C29H44N2O2. The van der Waals surface area contributed by atoms with Crippen LogP contribution in [0, 0.1) is 52.8 Å². The lowest BCUT2D eigenvalue weighted by molar-refractivity contribution is -0.190. The minimum Gasteiger partial charge on any atom is -0.390 e. The van der Waals surface area contributed by atoms with Crippen molar-refractivity contribution in [3.05, 3.63) is 18.0 Å². The molecule has 4 fully saturated rings. The number of aromatic nitrogens is 2. The van der Waals surface area contributed by atoms with Gasteiger partial charge < -0.3 is 10.2 Å². The summed E-state index contributed by atoms with van der Waals surface area (Å²) in [5, 5.41) is 27.0. The normalized spacial score (nSPS) is 46.9. The highest BCUT2D eigenvalue weighted by Crippen LogP contribution is 2.68. The molecular weight excluding hydrogens is 408 g/mol. The van der Waals surface area contributed by atoms with Crippen molar-refractivity contribution in [3.8, 4) is 12.3 Å². The highest BCUT2D eigenvalue weighted by molar-refractivity contribution is 5.26. The fourth-order valence-corrected chi connectivity index (χ4v) is 9.61. The zero-order chi connectivity index (χ0) is 23.6. The summed E-state index contributed by atoms with van der Waals surface area (Å²) >= 11 is 0. The topological polar surface area (TPSA) is 58.3 Å². The standard InChI is InChI=1S/C29H44N2O2/c1-6-20-17-30-31(18-20)19-29(5,33)25-9-7-8-23-22-11-10-21-16-26(2,32)14-15-27(21,3)24(22)12-13-28(23,25)4/h1,17-18,21-25,32-33H,7-16,19H2,2-5H3/t21-,22+,23+,24+,25+,26-,27+,28+,29+/m1/s1. The second-order valence-corrected chi connectivity index (χ2v) is 13.3. The molecule has 1 heterocycles. The number of fused-ring (bicyclic) bond motifs is 5. The third kappa shape index (κ3) is 3.79. The van der Waals surface area contributed by atoms with Crippen LogP contribution in [0.15, 0.2) is 12.4 Å². The van der Waals surface area contributed by atoms with Crippen LogP contribution in [0.3, 0.4) is 0 Å². The van der Waals surface area contributed by atoms with E-state index in [2.05, 4.69) is 31.8 Å². The first-order valence-electron chi connectivity index (χ1n) is 13.4. The second kappa shape index (κ2) is 7.85. The number of hydrogen-bond acceptors (Lipinski definition) is 3. The summed E-state index contributed by atoms with van der Waals surface area (Å²) in [6, 6.07) is 0. The van der Waals surface area contributed by atoms with Gasteiger partial charge in [-0.3, -0.25) is 4.68 Å². The Bertz CT molecular complexity index is 926. The smallest absolute Gasteiger partial charge is 0.0848 e. The molecule has 4 heteroatoms. The first-order chi connectivity index (χ1) is 15.5. The molecule has 4 aliphatic carbocycles. The molecule has 1 aromatic heterocycles. The summed E-state index contributed by atoms with van der Waals surface area (Å²) in [5.41, 5.74) is 0.0518. The van der Waals surface area contributed by atoms with Crippen molar-refractivity contribution in [2.75, 3.05) is 0 Å². The van der Waals surface area contributed by atoms with Crippen LogP contribution in [0.25, 0.3) is 0 Å². The zero-order valence-corrected chi connectivity index (χ0v) is 21.2. The number of nitrogens with zero attached hydrogens (tertiary/aromatic N) is 2. The maximum atomic E-state index is 11.8. The van der Waals surface area contributed by atoms with E-state index in [-0.39, 0.29) is 11.3 Å². The highest BCUT2D eigenvalue weighted by atomic mass is 16.3. The van der Waals surface area contributed by atoms with Gasteiger partial charge in [0.1, 0.15) is 0 Å². The minimum atomic E-state index is -0.803. The molecule has 0 aliphatic heterocycles. The number of hydrogen-bond donors (Lipinski definition) is 2. The molecule has 0 spiro atoms. The van der Waals surface area contributed by atoms with Crippen LogP contribution < -0.4 is 0 Å². The Morgan fingerprint density at radius 3 is 2.58 bits per heavy atom. The molecule has 2 N–H and O–H groups in total. The van der Waals surface area contributed by atoms with Gasteiger partial charge in [0.15, 0.2) is 0 Å². The van der Waals surface area contributed by atoms with E-state index in [1.807, 2.05) is 17.8 Å². The van der Waals surface area contributed by atoms with Crippen molar-refractivity contribution in [2.24, 2.45) is 40.4 Å². The number of aliphatic hydroxyl groups is 2. The summed E-state index contributed by atoms with van der Waals surface area (Å²) in [5.74, 6) is 5.83. The molecule has 4 nitrogen and oxygen atoms in total. The van der Waals surface area contributed by atoms with Crippen LogP contribution in [0.2, 0.25) is 0 Å². The molecule has 0 unspecified atom stereocenters. The van der Waals surface area contributed by atoms with E-state index in [4.69, 9.17) is 6.42 Å². The van der Waals surface area contributed by atoms with Gasteiger partial charge >= 0.3 is 0 Å². The van der Waals surface area contributed by atoms with Gasteiger partial charge in [0.25, 0.3) is 0 Å². The summed E-state index contributed by atoms with van der Waals surface area (Å²) in [7, 11) is 0. The molecule has 1 aromatic rings. The molecule has 182 valence electrons. The van der Waals surface area contributed by atoms with Crippen LogP contribution in [-0.4, -0.2) is 31.2 Å². The van der Waals surface area contributed by atoms with Crippen molar-refractivity contribution in [1.29, 1.82) is 0 Å². The Hall–Kier alpha value is -1.31. The first kappa shape index (κ1) is 23.4. The second-order valence-electron chi connectivity index (χ2n) is 13.3. The molecule has 9 atom stereocenters. The molecule has 0 bridgehead atoms. The van der Waals surface area contributed by atoms with Crippen LogP contribution >= 0.6 is 0 Å². The molecule has 0 amide bonds. The van der Waals surface area contributed by atoms with Gasteiger partial charge in [0.2, 0.25) is 0 Å². The molecule has 0 aromatic carbocycles. The molecule has 4 aliphatic rings. The van der Waals surface area contributed by atoms with Gasteiger partial charge in [-0.15, -0.1) is 6.42 Å². The van der Waals surface area contributed by atoms with E-state index >= 15 is 0 Å². The fraction of sp³-hybridized carbons (Fsp3) is 0.828. The van der Waals surface area contributed by atoms with Crippen molar-refractivity contribution in [3.63, 3.8) is 0 Å². The van der Waals surface area contributed by atoms with Crippen molar-refractivity contribution < 1.29 is 10.2 Å². The molecule has 4 saturated carbocycles. The van der Waals surface area contributed by atoms with E-state index < -0.39 is 11.2 Å². The monoisotopic (exact) mass is 452 g/mol. The SMILES string of the molecule is C#Cc1cnn(C[C@](C)(O)[C@H]2CCC[C@H]3[C@@H]4CC[C@@H]5C[C@](C)(O)CC[C@]5(C)[C@H]4CC[C@@]32C)c1. The minimum absolute atomic E-state index is 0.175. The van der Waals surface area contributed by atoms with Gasteiger partial charge in [-0.1, -0.05) is 26.2 Å². The maximum Gasteiger partial charge on any atom is 0.0848 e. The third-order valence-electron chi connectivity index (χ3n) is 11.2. The Balaban J connectivity index is 1.39. The maximum absolute atomic E-state index is 11.8. The summed E-state index contributed by atoms with van der Waals surface area (Å²) in [6.45, 7) is 9.66. The lowest BCUT2D eigenvalue weighted by Gasteiger charge is -2.65. The molecule has 0 saturated heterocycles. The summed E-state index contributed by atoms with van der Waals surface area (Å²) < 4.78 is 1.84. The Morgan fingerprint density at radius 1 is 1.09 bits per heavy atom. The Labute approximate surface area is 200 Å². The van der Waals surface area contributed by atoms with Crippen LogP contribution in [-0.2, 0) is 6.54 Å². The van der Waals surface area contributed by atoms with Gasteiger partial charge in [0, 0.05) is 6.20 Å². The fourth-order valence-electron chi connectivity index (χ4n) is 9.61. The van der Waals surface area contributed by atoms with Crippen LogP contribution in [0.1, 0.15) is 97.5 Å². The third-order valence-corrected chi connectivity index (χ3v) is 11.2. The molecule has 33 heavy (non-hydrogen) atoms. The van der Waals surface area contributed by atoms with E-state index in [0.717, 1.165) is 36.7 Å². The zero-order valence-electron chi connectivity index (χ0n) is 21.2. The quantitative estimate of drug-likeness (QED) is 0.603. The average Bonchev–Trinajstić information content (AvgIpc) is 3.19. The van der Waals surface area contributed by atoms with E-state index in [1.54, 1.807) is 6.20 Å². The summed E-state index contributed by atoms with van der Waals surface area (Å²) in [4.78, 5) is 0. The predicted octanol–water partition coefficient (Wildman–Crippen LogP) is 5.42. The van der Waals surface area contributed by atoms with Crippen molar-refractivity contribution in [2.45, 2.75) is 110 Å². The first-order valence-corrected chi connectivity index (χ1v) is 13.4. The van der Waals surface area contributed by atoms with E-state index in [0.29, 0.717) is 23.8 Å². The Morgan fingerprint density at radius 2 is 1.85 bits per heavy atom. The van der Waals surface area contributed by atoms with Crippen LogP contribution in [0.4, 0.5) is 0 Å². The number of terminal acetylenes is 1. The van der Waals surface area contributed by atoms with E-state index in [1.165, 1.54) is 44.9 Å². The largest absolute Gasteiger partial charge is 0.390 e. The van der Waals surface area contributed by atoms with E-state index in [9.17, 15) is 10.2 Å². The van der Waals surface area contributed by atoms with Crippen molar-refractivity contribution >= 4 is 0 Å². The summed E-state index contributed by atoms with van der Waals surface area (Å²) in [6.07, 6.45) is 20.9.